The normalized spacial score (nSPS) is 13.0. The number of alkyl halides is 6. The van der Waals surface area contributed by atoms with Gasteiger partial charge in [-0.3, -0.25) is 4.68 Å². The van der Waals surface area contributed by atoms with E-state index in [2.05, 4.69) is 25.4 Å². The molecule has 5 rings (SSSR count). The van der Waals surface area contributed by atoms with Crippen LogP contribution < -0.4 is 10.1 Å². The van der Waals surface area contributed by atoms with E-state index >= 15 is 0 Å². The van der Waals surface area contributed by atoms with Gasteiger partial charge in [0.25, 0.3) is 0 Å². The molecule has 0 bridgehead atoms. The largest absolute Gasteiger partial charge is 0.433 e. The van der Waals surface area contributed by atoms with Crippen LogP contribution in [0.2, 0.25) is 0 Å². The molecule has 1 N–H and O–H groups in total. The van der Waals surface area contributed by atoms with Gasteiger partial charge in [-0.05, 0) is 47.9 Å². The molecule has 0 saturated carbocycles. The smallest absolute Gasteiger partial charge is 0.424 e. The van der Waals surface area contributed by atoms with Gasteiger partial charge < -0.3 is 14.6 Å². The Kier molecular flexibility index (Phi) is 7.56. The third-order valence-electron chi connectivity index (χ3n) is 6.71. The molecule has 1 atom stereocenters. The van der Waals surface area contributed by atoms with Crippen molar-refractivity contribution in [3.05, 3.63) is 89.0 Å². The highest BCUT2D eigenvalue weighted by atomic mass is 19.4. The quantitative estimate of drug-likeness (QED) is 0.195. The Labute approximate surface area is 236 Å². The second-order valence-electron chi connectivity index (χ2n) is 9.66. The molecule has 0 amide bonds. The van der Waals surface area contributed by atoms with E-state index in [1.165, 1.54) is 7.05 Å². The fourth-order valence-corrected chi connectivity index (χ4v) is 4.53. The van der Waals surface area contributed by atoms with Crippen LogP contribution in [0.5, 0.6) is 11.8 Å². The molecule has 14 heteroatoms. The monoisotopic (exact) mass is 589 g/mol. The van der Waals surface area contributed by atoms with Gasteiger partial charge in [0.15, 0.2) is 0 Å². The molecule has 3 heterocycles. The number of aromatic nitrogens is 6. The SMILES string of the molecule is CCC(Nc1nc2ccc(Cc3cc(C(F)(F)F)n(C)n3)cc2n1C)c1ccc(Oc2ncc(C(F)(F)F)cn2)cc1. The highest BCUT2D eigenvalue weighted by Crippen LogP contribution is 2.32. The second-order valence-corrected chi connectivity index (χ2v) is 9.66. The molecule has 0 spiro atoms. The minimum Gasteiger partial charge on any atom is -0.424 e. The number of nitrogens with zero attached hydrogens (tertiary/aromatic N) is 6. The van der Waals surface area contributed by atoms with Gasteiger partial charge in [0, 0.05) is 32.9 Å². The summed E-state index contributed by atoms with van der Waals surface area (Å²) in [5.74, 6) is 0.962. The molecule has 3 aromatic heterocycles. The highest BCUT2D eigenvalue weighted by Gasteiger charge is 2.35. The molecule has 0 aliphatic rings. The molecule has 0 saturated heterocycles. The first-order valence-corrected chi connectivity index (χ1v) is 12.8. The zero-order valence-corrected chi connectivity index (χ0v) is 22.6. The number of fused-ring (bicyclic) bond motifs is 1. The molecule has 2 aromatic carbocycles. The molecule has 0 aliphatic heterocycles. The van der Waals surface area contributed by atoms with Crippen LogP contribution in [-0.4, -0.2) is 29.3 Å². The lowest BCUT2D eigenvalue weighted by Gasteiger charge is -2.18. The lowest BCUT2D eigenvalue weighted by molar-refractivity contribution is -0.143. The number of hydrogen-bond donors (Lipinski definition) is 1. The predicted octanol–water partition coefficient (Wildman–Crippen LogP) is 7.08. The van der Waals surface area contributed by atoms with Gasteiger partial charge in [0.05, 0.1) is 28.3 Å². The van der Waals surface area contributed by atoms with E-state index < -0.39 is 23.6 Å². The maximum absolute atomic E-state index is 13.2. The van der Waals surface area contributed by atoms with E-state index in [1.54, 1.807) is 12.1 Å². The van der Waals surface area contributed by atoms with Gasteiger partial charge in [-0.25, -0.2) is 15.0 Å². The fourth-order valence-electron chi connectivity index (χ4n) is 4.53. The van der Waals surface area contributed by atoms with Gasteiger partial charge >= 0.3 is 18.4 Å². The Morgan fingerprint density at radius 3 is 2.19 bits per heavy atom. The number of hydrogen-bond acceptors (Lipinski definition) is 6. The maximum Gasteiger partial charge on any atom is 0.433 e. The minimum absolute atomic E-state index is 0.134. The number of aryl methyl sites for hydroxylation is 2. The fraction of sp³-hybridized carbons (Fsp3) is 0.286. The molecule has 0 fully saturated rings. The van der Waals surface area contributed by atoms with Crippen molar-refractivity contribution in [2.45, 2.75) is 38.2 Å². The molecule has 220 valence electrons. The van der Waals surface area contributed by atoms with Crippen LogP contribution in [0.25, 0.3) is 11.0 Å². The van der Waals surface area contributed by atoms with E-state index in [4.69, 9.17) is 4.74 Å². The minimum atomic E-state index is -4.53. The summed E-state index contributed by atoms with van der Waals surface area (Å²) in [4.78, 5) is 11.9. The first kappa shape index (κ1) is 28.9. The van der Waals surface area contributed by atoms with Crippen molar-refractivity contribution in [3.63, 3.8) is 0 Å². The second kappa shape index (κ2) is 11.0. The Morgan fingerprint density at radius 2 is 1.60 bits per heavy atom. The lowest BCUT2D eigenvalue weighted by atomic mass is 10.0. The molecule has 42 heavy (non-hydrogen) atoms. The molecular weight excluding hydrogens is 564 g/mol. The summed E-state index contributed by atoms with van der Waals surface area (Å²) < 4.78 is 85.8. The lowest BCUT2D eigenvalue weighted by Crippen LogP contribution is -2.13. The van der Waals surface area contributed by atoms with Crippen LogP contribution in [0.1, 0.15) is 47.5 Å². The summed E-state index contributed by atoms with van der Waals surface area (Å²) in [6.45, 7) is 2.00. The standard InChI is InChI=1S/C28H25F6N7O/c1-4-21(17-6-8-20(9-7-17)42-26-35-14-18(15-36-26)27(29,30)31)37-25-38-22-10-5-16(12-23(22)40(25)2)11-19-13-24(28(32,33)34)41(3)39-19/h5-10,12-15,21H,4,11H2,1-3H3,(H,37,38). The summed E-state index contributed by atoms with van der Waals surface area (Å²) >= 11 is 0. The average molecular weight is 590 g/mol. The number of nitrogens with one attached hydrogen (secondary N) is 1. The van der Waals surface area contributed by atoms with E-state index in [0.29, 0.717) is 36.2 Å². The molecule has 8 nitrogen and oxygen atoms in total. The average Bonchev–Trinajstić information content (AvgIpc) is 3.46. The molecular formula is C28H25F6N7O. The summed E-state index contributed by atoms with van der Waals surface area (Å²) in [6.07, 6.45) is -6.75. The van der Waals surface area contributed by atoms with Crippen molar-refractivity contribution in [3.8, 4) is 11.8 Å². The summed E-state index contributed by atoms with van der Waals surface area (Å²) in [5, 5.41) is 7.44. The summed E-state index contributed by atoms with van der Waals surface area (Å²) in [6, 6.07) is 13.2. The van der Waals surface area contributed by atoms with Crippen molar-refractivity contribution >= 4 is 17.0 Å². The third kappa shape index (κ3) is 6.16. The predicted molar refractivity (Wildman–Crippen MR) is 142 cm³/mol. The van der Waals surface area contributed by atoms with Crippen molar-refractivity contribution in [1.29, 1.82) is 0 Å². The summed E-state index contributed by atoms with van der Waals surface area (Å²) in [7, 11) is 3.12. The molecule has 0 aliphatic carbocycles. The van der Waals surface area contributed by atoms with Gasteiger partial charge in [0.2, 0.25) is 5.95 Å². The third-order valence-corrected chi connectivity index (χ3v) is 6.71. The topological polar surface area (TPSA) is 82.7 Å². The maximum atomic E-state index is 13.2. The number of imidazole rings is 1. The molecule has 0 radical (unpaired) electrons. The van der Waals surface area contributed by atoms with E-state index in [9.17, 15) is 26.3 Å². The van der Waals surface area contributed by atoms with Crippen molar-refractivity contribution in [2.75, 3.05) is 5.32 Å². The van der Waals surface area contributed by atoms with Crippen molar-refractivity contribution in [2.24, 2.45) is 14.1 Å². The van der Waals surface area contributed by atoms with Crippen LogP contribution in [0, 0.1) is 0 Å². The van der Waals surface area contributed by atoms with Crippen LogP contribution in [0.4, 0.5) is 32.3 Å². The Balaban J connectivity index is 1.29. The van der Waals surface area contributed by atoms with Crippen molar-refractivity contribution in [1.82, 2.24) is 29.3 Å². The first-order valence-electron chi connectivity index (χ1n) is 12.8. The van der Waals surface area contributed by atoms with Gasteiger partial charge in [0.1, 0.15) is 11.4 Å². The van der Waals surface area contributed by atoms with Gasteiger partial charge in [-0.2, -0.15) is 31.4 Å². The van der Waals surface area contributed by atoms with Crippen LogP contribution in [0.15, 0.2) is 60.9 Å². The van der Waals surface area contributed by atoms with E-state index in [1.807, 2.05) is 48.9 Å². The van der Waals surface area contributed by atoms with E-state index in [0.717, 1.165) is 32.9 Å². The number of benzene rings is 2. The zero-order valence-electron chi connectivity index (χ0n) is 22.6. The number of ether oxygens (including phenoxy) is 1. The number of halogens is 6. The first-order chi connectivity index (χ1) is 19.8. The van der Waals surface area contributed by atoms with Crippen molar-refractivity contribution < 1.29 is 31.1 Å². The van der Waals surface area contributed by atoms with Gasteiger partial charge in [-0.1, -0.05) is 25.1 Å². The number of rotatable bonds is 8. The van der Waals surface area contributed by atoms with E-state index in [-0.39, 0.29) is 18.5 Å². The highest BCUT2D eigenvalue weighted by molar-refractivity contribution is 5.79. The van der Waals surface area contributed by atoms with Crippen LogP contribution >= 0.6 is 0 Å². The van der Waals surface area contributed by atoms with Crippen LogP contribution in [0.3, 0.4) is 0 Å². The Bertz CT molecular complexity index is 1690. The Hall–Kier alpha value is -4.62. The summed E-state index contributed by atoms with van der Waals surface area (Å²) in [5.41, 5.74) is 1.78. The number of anilines is 1. The molecule has 1 unspecified atom stereocenters. The van der Waals surface area contributed by atoms with Gasteiger partial charge in [-0.15, -0.1) is 0 Å². The Morgan fingerprint density at radius 1 is 0.905 bits per heavy atom. The molecule has 5 aromatic rings. The van der Waals surface area contributed by atoms with Crippen LogP contribution in [-0.2, 0) is 32.9 Å². The zero-order chi connectivity index (χ0) is 30.2.